The molecule has 5 heteroatoms. The van der Waals surface area contributed by atoms with Crippen LogP contribution in [0.1, 0.15) is 12.5 Å². The van der Waals surface area contributed by atoms with Crippen molar-refractivity contribution < 1.29 is 9.47 Å². The third-order valence-electron chi connectivity index (χ3n) is 3.46. The van der Waals surface area contributed by atoms with Gasteiger partial charge in [0.05, 0.1) is 26.0 Å². The molecule has 0 aliphatic carbocycles. The lowest BCUT2D eigenvalue weighted by molar-refractivity contribution is 0.0945. The Morgan fingerprint density at radius 3 is 2.58 bits per heavy atom. The Hall–Kier alpha value is -2.53. The van der Waals surface area contributed by atoms with E-state index in [2.05, 4.69) is 29.4 Å². The molecular formula is C19H25N3O2. The number of para-hydroxylation sites is 2. The topological polar surface area (TPSA) is 68.9 Å². The lowest BCUT2D eigenvalue weighted by Gasteiger charge is -2.12. The summed E-state index contributed by atoms with van der Waals surface area (Å²) < 4.78 is 11.0. The monoisotopic (exact) mass is 327 g/mol. The molecule has 0 aromatic heterocycles. The summed E-state index contributed by atoms with van der Waals surface area (Å²) in [6.45, 7) is 3.94. The van der Waals surface area contributed by atoms with Crippen LogP contribution in [0.2, 0.25) is 0 Å². The Bertz CT molecular complexity index is 644. The van der Waals surface area contributed by atoms with Gasteiger partial charge in [-0.1, -0.05) is 49.4 Å². The van der Waals surface area contributed by atoms with Crippen LogP contribution in [0.15, 0.2) is 59.6 Å². The molecule has 5 nitrogen and oxygen atoms in total. The quantitative estimate of drug-likeness (QED) is 0.577. The number of nitrogens with two attached hydrogens (primary N) is 1. The van der Waals surface area contributed by atoms with Crippen LogP contribution >= 0.6 is 0 Å². The first-order valence-electron chi connectivity index (χ1n) is 8.00. The first-order chi connectivity index (χ1) is 11.7. The Morgan fingerprint density at radius 2 is 1.83 bits per heavy atom. The molecule has 0 spiro atoms. The molecule has 0 amide bonds. The number of benzene rings is 2. The summed E-state index contributed by atoms with van der Waals surface area (Å²) in [7, 11) is 1.62. The summed E-state index contributed by atoms with van der Waals surface area (Å²) in [5.41, 5.74) is 7.91. The minimum absolute atomic E-state index is 0.284. The van der Waals surface area contributed by atoms with Crippen LogP contribution in [0.5, 0.6) is 5.75 Å². The molecule has 0 aliphatic heterocycles. The molecule has 2 rings (SSSR count). The van der Waals surface area contributed by atoms with Gasteiger partial charge in [0.25, 0.3) is 0 Å². The highest BCUT2D eigenvalue weighted by molar-refractivity contribution is 5.93. The number of ether oxygens (including phenoxy) is 2. The van der Waals surface area contributed by atoms with Gasteiger partial charge in [0.2, 0.25) is 0 Å². The van der Waals surface area contributed by atoms with E-state index in [1.165, 1.54) is 5.56 Å². The zero-order chi connectivity index (χ0) is 17.2. The largest absolute Gasteiger partial charge is 0.495 e. The van der Waals surface area contributed by atoms with E-state index in [1.54, 1.807) is 7.11 Å². The number of guanidine groups is 1. The summed E-state index contributed by atoms with van der Waals surface area (Å²) >= 11 is 0. The lowest BCUT2D eigenvalue weighted by Crippen LogP contribution is -2.24. The second-order valence-corrected chi connectivity index (χ2v) is 5.66. The predicted molar refractivity (Wildman–Crippen MR) is 98.4 cm³/mol. The number of hydrogen-bond donors (Lipinski definition) is 2. The first kappa shape index (κ1) is 17.8. The molecule has 0 aliphatic rings. The van der Waals surface area contributed by atoms with E-state index < -0.39 is 0 Å². The highest BCUT2D eigenvalue weighted by Gasteiger charge is 2.05. The van der Waals surface area contributed by atoms with Crippen LogP contribution in [-0.2, 0) is 11.3 Å². The summed E-state index contributed by atoms with van der Waals surface area (Å²) in [6, 6.07) is 17.7. The molecule has 0 saturated carbocycles. The molecule has 1 atom stereocenters. The number of methoxy groups -OCH3 is 1. The Kier molecular flexibility index (Phi) is 7.11. The van der Waals surface area contributed by atoms with Crippen LogP contribution < -0.4 is 15.8 Å². The minimum atomic E-state index is 0.284. The van der Waals surface area contributed by atoms with Crippen LogP contribution in [0.25, 0.3) is 0 Å². The van der Waals surface area contributed by atoms with Gasteiger partial charge in [-0.25, -0.2) is 0 Å². The fourth-order valence-corrected chi connectivity index (χ4v) is 2.18. The van der Waals surface area contributed by atoms with Crippen molar-refractivity contribution in [3.8, 4) is 5.75 Å². The Morgan fingerprint density at radius 1 is 1.12 bits per heavy atom. The van der Waals surface area contributed by atoms with Gasteiger partial charge in [-0.15, -0.1) is 0 Å². The highest BCUT2D eigenvalue weighted by Crippen LogP contribution is 2.22. The van der Waals surface area contributed by atoms with Crippen molar-refractivity contribution in [3.05, 3.63) is 60.2 Å². The zero-order valence-electron chi connectivity index (χ0n) is 14.2. The minimum Gasteiger partial charge on any atom is -0.495 e. The number of nitrogens with one attached hydrogen (secondary N) is 1. The maximum atomic E-state index is 5.94. The maximum absolute atomic E-state index is 5.94. The first-order valence-corrected chi connectivity index (χ1v) is 8.00. The highest BCUT2D eigenvalue weighted by atomic mass is 16.5. The number of aliphatic imine (C=N–C) groups is 1. The molecule has 0 heterocycles. The van der Waals surface area contributed by atoms with E-state index in [0.717, 1.165) is 11.4 Å². The molecule has 128 valence electrons. The van der Waals surface area contributed by atoms with Gasteiger partial charge in [0.1, 0.15) is 5.75 Å². The van der Waals surface area contributed by atoms with E-state index in [9.17, 15) is 0 Å². The zero-order valence-corrected chi connectivity index (χ0v) is 14.2. The van der Waals surface area contributed by atoms with E-state index in [1.807, 2.05) is 42.5 Å². The van der Waals surface area contributed by atoms with Gasteiger partial charge in [0, 0.05) is 6.54 Å². The number of anilines is 1. The van der Waals surface area contributed by atoms with Crippen molar-refractivity contribution in [1.82, 2.24) is 0 Å². The van der Waals surface area contributed by atoms with Gasteiger partial charge >= 0.3 is 0 Å². The van der Waals surface area contributed by atoms with Gasteiger partial charge in [-0.05, 0) is 23.6 Å². The predicted octanol–water partition coefficient (Wildman–Crippen LogP) is 3.27. The summed E-state index contributed by atoms with van der Waals surface area (Å²) in [5, 5.41) is 3.06. The van der Waals surface area contributed by atoms with Crippen LogP contribution in [0.4, 0.5) is 5.69 Å². The second kappa shape index (κ2) is 9.57. The third kappa shape index (κ3) is 5.93. The third-order valence-corrected chi connectivity index (χ3v) is 3.46. The summed E-state index contributed by atoms with van der Waals surface area (Å²) in [4.78, 5) is 4.37. The van der Waals surface area contributed by atoms with Gasteiger partial charge in [0.15, 0.2) is 5.96 Å². The standard InChI is InChI=1S/C19H25N3O2/c1-15(13-24-14-16-8-4-3-5-9-16)12-21-19(20)22-17-10-6-7-11-18(17)23-2/h3-11,15H,12-14H2,1-2H3,(H3,20,21,22). The van der Waals surface area contributed by atoms with E-state index >= 15 is 0 Å². The molecular weight excluding hydrogens is 302 g/mol. The Balaban J connectivity index is 1.75. The van der Waals surface area contributed by atoms with Crippen molar-refractivity contribution in [3.63, 3.8) is 0 Å². The van der Waals surface area contributed by atoms with Gasteiger partial charge in [-0.3, -0.25) is 4.99 Å². The molecule has 24 heavy (non-hydrogen) atoms. The van der Waals surface area contributed by atoms with Crippen molar-refractivity contribution in [2.75, 3.05) is 25.6 Å². The molecule has 2 aromatic rings. The smallest absolute Gasteiger partial charge is 0.193 e. The fourth-order valence-electron chi connectivity index (χ4n) is 2.18. The lowest BCUT2D eigenvalue weighted by atomic mass is 10.2. The van der Waals surface area contributed by atoms with Crippen molar-refractivity contribution in [2.24, 2.45) is 16.6 Å². The molecule has 2 aromatic carbocycles. The maximum Gasteiger partial charge on any atom is 0.193 e. The molecule has 0 fully saturated rings. The number of nitrogens with zero attached hydrogens (tertiary/aromatic N) is 1. The number of hydrogen-bond acceptors (Lipinski definition) is 3. The van der Waals surface area contributed by atoms with E-state index in [-0.39, 0.29) is 5.92 Å². The molecule has 1 unspecified atom stereocenters. The Labute approximate surface area is 143 Å². The fraction of sp³-hybridized carbons (Fsp3) is 0.316. The average Bonchev–Trinajstić information content (AvgIpc) is 2.61. The van der Waals surface area contributed by atoms with Crippen molar-refractivity contribution in [1.29, 1.82) is 0 Å². The van der Waals surface area contributed by atoms with Crippen LogP contribution in [0.3, 0.4) is 0 Å². The second-order valence-electron chi connectivity index (χ2n) is 5.66. The average molecular weight is 327 g/mol. The molecule has 3 N–H and O–H groups in total. The molecule has 0 radical (unpaired) electrons. The van der Waals surface area contributed by atoms with Crippen molar-refractivity contribution in [2.45, 2.75) is 13.5 Å². The summed E-state index contributed by atoms with van der Waals surface area (Å²) in [5.74, 6) is 1.39. The van der Waals surface area contributed by atoms with Crippen molar-refractivity contribution >= 4 is 11.6 Å². The van der Waals surface area contributed by atoms with Gasteiger partial charge in [-0.2, -0.15) is 0 Å². The molecule has 0 bridgehead atoms. The van der Waals surface area contributed by atoms with Crippen LogP contribution in [0, 0.1) is 5.92 Å². The summed E-state index contributed by atoms with van der Waals surface area (Å²) in [6.07, 6.45) is 0. The normalized spacial score (nSPS) is 12.7. The van der Waals surface area contributed by atoms with E-state index in [4.69, 9.17) is 15.2 Å². The van der Waals surface area contributed by atoms with Gasteiger partial charge < -0.3 is 20.5 Å². The SMILES string of the molecule is COc1ccccc1NC(N)=NCC(C)COCc1ccccc1. The number of rotatable bonds is 8. The van der Waals surface area contributed by atoms with E-state index in [0.29, 0.717) is 25.7 Å². The molecule has 0 saturated heterocycles. The van der Waals surface area contributed by atoms with Crippen LogP contribution in [-0.4, -0.2) is 26.2 Å².